The molecule has 1 aliphatic heterocycles. The summed E-state index contributed by atoms with van der Waals surface area (Å²) < 4.78 is 9.73. The maximum absolute atomic E-state index is 11.0. The molecule has 0 amide bonds. The topological polar surface area (TPSA) is 68.5 Å². The molecule has 0 saturated carbocycles. The number of piperidine rings is 1. The van der Waals surface area contributed by atoms with E-state index in [1.807, 2.05) is 0 Å². The molecule has 6 nitrogen and oxygen atoms in total. The van der Waals surface area contributed by atoms with Crippen molar-refractivity contribution in [2.75, 3.05) is 27.2 Å². The lowest BCUT2D eigenvalue weighted by Gasteiger charge is -2.26. The van der Waals surface area contributed by atoms with E-state index in [1.54, 1.807) is 0 Å². The molecule has 100 valence electrons. The molecule has 0 N–H and O–H groups in total. The average Bonchev–Trinajstić information content (AvgIpc) is 2.85. The van der Waals surface area contributed by atoms with E-state index in [0.29, 0.717) is 18.2 Å². The van der Waals surface area contributed by atoms with Crippen LogP contribution in [0.5, 0.6) is 0 Å². The largest absolute Gasteiger partial charge is 0.469 e. The number of nitrogens with zero attached hydrogens (tertiary/aromatic N) is 3. The molecule has 1 aromatic heterocycles. The highest BCUT2D eigenvalue weighted by atomic mass is 16.5. The van der Waals surface area contributed by atoms with Gasteiger partial charge < -0.3 is 14.2 Å². The molecular formula is C12H19N3O3. The summed E-state index contributed by atoms with van der Waals surface area (Å²) in [6.45, 7) is 2.13. The highest BCUT2D eigenvalue weighted by Crippen LogP contribution is 2.25. The first-order valence-corrected chi connectivity index (χ1v) is 6.27. The van der Waals surface area contributed by atoms with Gasteiger partial charge in [-0.3, -0.25) is 4.79 Å². The van der Waals surface area contributed by atoms with Gasteiger partial charge in [0.25, 0.3) is 0 Å². The second-order valence-electron chi connectivity index (χ2n) is 4.70. The minimum atomic E-state index is -0.256. The Balaban J connectivity index is 1.87. The van der Waals surface area contributed by atoms with Crippen molar-refractivity contribution in [1.29, 1.82) is 0 Å². The minimum absolute atomic E-state index is 0.256. The van der Waals surface area contributed by atoms with Gasteiger partial charge in [0.1, 0.15) is 0 Å². The van der Waals surface area contributed by atoms with Crippen LogP contribution in [0, 0.1) is 0 Å². The Morgan fingerprint density at radius 2 is 2.22 bits per heavy atom. The highest BCUT2D eigenvalue weighted by molar-refractivity contribution is 5.69. The molecule has 2 heterocycles. The van der Waals surface area contributed by atoms with Crippen molar-refractivity contribution >= 4 is 5.97 Å². The fraction of sp³-hybridized carbons (Fsp3) is 0.750. The van der Waals surface area contributed by atoms with Crippen LogP contribution in [0.3, 0.4) is 0 Å². The molecule has 0 bridgehead atoms. The van der Waals surface area contributed by atoms with Gasteiger partial charge in [-0.2, -0.15) is 4.98 Å². The second kappa shape index (κ2) is 5.95. The van der Waals surface area contributed by atoms with Crippen LogP contribution in [0.2, 0.25) is 0 Å². The summed E-state index contributed by atoms with van der Waals surface area (Å²) in [5.41, 5.74) is 0. The van der Waals surface area contributed by atoms with Crippen molar-refractivity contribution in [2.24, 2.45) is 0 Å². The first kappa shape index (κ1) is 13.0. The monoisotopic (exact) mass is 253 g/mol. The summed E-state index contributed by atoms with van der Waals surface area (Å²) in [6.07, 6.45) is 2.86. The lowest BCUT2D eigenvalue weighted by molar-refractivity contribution is -0.140. The van der Waals surface area contributed by atoms with E-state index < -0.39 is 0 Å². The van der Waals surface area contributed by atoms with Crippen LogP contribution in [0.4, 0.5) is 0 Å². The average molecular weight is 253 g/mol. The van der Waals surface area contributed by atoms with Crippen LogP contribution in [0.25, 0.3) is 0 Å². The van der Waals surface area contributed by atoms with E-state index in [4.69, 9.17) is 4.52 Å². The first-order valence-electron chi connectivity index (χ1n) is 6.27. The number of carbonyl (C=O) groups is 1. The SMILES string of the molecule is COC(=O)CCc1nc(C2CCN(C)CC2)no1. The normalized spacial score (nSPS) is 17.9. The van der Waals surface area contributed by atoms with Crippen LogP contribution >= 0.6 is 0 Å². The fourth-order valence-corrected chi connectivity index (χ4v) is 2.11. The van der Waals surface area contributed by atoms with E-state index in [9.17, 15) is 4.79 Å². The Kier molecular flexibility index (Phi) is 4.30. The summed E-state index contributed by atoms with van der Waals surface area (Å²) in [5, 5.41) is 4.01. The maximum atomic E-state index is 11.0. The van der Waals surface area contributed by atoms with Crippen LogP contribution in [0.15, 0.2) is 4.52 Å². The summed E-state index contributed by atoms with van der Waals surface area (Å²) >= 11 is 0. The fourth-order valence-electron chi connectivity index (χ4n) is 2.11. The van der Waals surface area contributed by atoms with Gasteiger partial charge in [0.05, 0.1) is 13.5 Å². The molecule has 18 heavy (non-hydrogen) atoms. The van der Waals surface area contributed by atoms with Crippen molar-refractivity contribution in [3.63, 3.8) is 0 Å². The summed E-state index contributed by atoms with van der Waals surface area (Å²) in [7, 11) is 3.49. The highest BCUT2D eigenvalue weighted by Gasteiger charge is 2.23. The molecule has 0 spiro atoms. The predicted octanol–water partition coefficient (Wildman–Crippen LogP) is 0.984. The van der Waals surface area contributed by atoms with Crippen molar-refractivity contribution in [1.82, 2.24) is 15.0 Å². The van der Waals surface area contributed by atoms with Crippen LogP contribution < -0.4 is 0 Å². The molecule has 0 atom stereocenters. The molecule has 2 rings (SSSR count). The third-order valence-corrected chi connectivity index (χ3v) is 3.34. The Morgan fingerprint density at radius 1 is 1.50 bits per heavy atom. The van der Waals surface area contributed by atoms with E-state index >= 15 is 0 Å². The first-order chi connectivity index (χ1) is 8.69. The third-order valence-electron chi connectivity index (χ3n) is 3.34. The molecule has 6 heteroatoms. The number of aromatic nitrogens is 2. The van der Waals surface area contributed by atoms with Gasteiger partial charge in [-0.15, -0.1) is 0 Å². The Bertz CT molecular complexity index is 397. The number of aryl methyl sites for hydroxylation is 1. The van der Waals surface area contributed by atoms with Gasteiger partial charge in [0, 0.05) is 12.3 Å². The number of ether oxygens (including phenoxy) is 1. The zero-order chi connectivity index (χ0) is 13.0. The second-order valence-corrected chi connectivity index (χ2v) is 4.70. The van der Waals surface area contributed by atoms with Crippen LogP contribution in [0.1, 0.15) is 36.9 Å². The molecule has 1 aliphatic rings. The zero-order valence-corrected chi connectivity index (χ0v) is 10.9. The number of methoxy groups -OCH3 is 1. The molecule has 0 radical (unpaired) electrons. The lowest BCUT2D eigenvalue weighted by atomic mass is 9.97. The van der Waals surface area contributed by atoms with Gasteiger partial charge >= 0.3 is 5.97 Å². The van der Waals surface area contributed by atoms with E-state index in [2.05, 4.69) is 26.8 Å². The number of carbonyl (C=O) groups excluding carboxylic acids is 1. The predicted molar refractivity (Wildman–Crippen MR) is 64.1 cm³/mol. The molecular weight excluding hydrogens is 234 g/mol. The Hall–Kier alpha value is -1.43. The minimum Gasteiger partial charge on any atom is -0.469 e. The Morgan fingerprint density at radius 3 is 2.89 bits per heavy atom. The van der Waals surface area contributed by atoms with Crippen molar-refractivity contribution in [2.45, 2.75) is 31.6 Å². The van der Waals surface area contributed by atoms with Gasteiger partial charge in [-0.1, -0.05) is 5.16 Å². The smallest absolute Gasteiger partial charge is 0.306 e. The molecule has 1 fully saturated rings. The Labute approximate surface area is 106 Å². The van der Waals surface area contributed by atoms with Gasteiger partial charge in [0.15, 0.2) is 5.82 Å². The van der Waals surface area contributed by atoms with Crippen molar-refractivity contribution in [3.8, 4) is 0 Å². The molecule has 1 aromatic rings. The van der Waals surface area contributed by atoms with Gasteiger partial charge in [-0.25, -0.2) is 0 Å². The number of rotatable bonds is 4. The number of hydrogen-bond donors (Lipinski definition) is 0. The number of likely N-dealkylation sites (tertiary alicyclic amines) is 1. The molecule has 0 aliphatic carbocycles. The van der Waals surface area contributed by atoms with E-state index in [0.717, 1.165) is 31.8 Å². The van der Waals surface area contributed by atoms with Crippen LogP contribution in [-0.2, 0) is 16.0 Å². The number of esters is 1. The third kappa shape index (κ3) is 3.29. The van der Waals surface area contributed by atoms with Crippen molar-refractivity contribution in [3.05, 3.63) is 11.7 Å². The van der Waals surface area contributed by atoms with E-state index in [1.165, 1.54) is 7.11 Å². The van der Waals surface area contributed by atoms with Gasteiger partial charge in [-0.05, 0) is 33.0 Å². The molecule has 0 unspecified atom stereocenters. The molecule has 1 saturated heterocycles. The summed E-state index contributed by atoms with van der Waals surface area (Å²) in [5.74, 6) is 1.43. The number of hydrogen-bond acceptors (Lipinski definition) is 6. The zero-order valence-electron chi connectivity index (χ0n) is 10.9. The molecule has 0 aromatic carbocycles. The standard InChI is InChI=1S/C12H19N3O3/c1-15-7-5-9(6-8-15)12-13-10(18-14-12)3-4-11(16)17-2/h9H,3-8H2,1-2H3. The quantitative estimate of drug-likeness (QED) is 0.745. The summed E-state index contributed by atoms with van der Waals surface area (Å²) in [4.78, 5) is 17.7. The van der Waals surface area contributed by atoms with Gasteiger partial charge in [0.2, 0.25) is 5.89 Å². The van der Waals surface area contributed by atoms with Crippen LogP contribution in [-0.4, -0.2) is 48.3 Å². The maximum Gasteiger partial charge on any atom is 0.306 e. The van der Waals surface area contributed by atoms with Crippen molar-refractivity contribution < 1.29 is 14.1 Å². The lowest BCUT2D eigenvalue weighted by Crippen LogP contribution is -2.29. The summed E-state index contributed by atoms with van der Waals surface area (Å²) in [6, 6.07) is 0. The van der Waals surface area contributed by atoms with E-state index in [-0.39, 0.29) is 12.4 Å².